The van der Waals surface area contributed by atoms with E-state index in [2.05, 4.69) is 44.9 Å². The van der Waals surface area contributed by atoms with Gasteiger partial charge in [-0.3, -0.25) is 9.67 Å². The van der Waals surface area contributed by atoms with Gasteiger partial charge in [0.25, 0.3) is 0 Å². The Kier molecular flexibility index (Phi) is 7.06. The Morgan fingerprint density at radius 3 is 2.64 bits per heavy atom. The van der Waals surface area contributed by atoms with Crippen molar-refractivity contribution in [1.29, 1.82) is 0 Å². The van der Waals surface area contributed by atoms with Crippen LogP contribution in [-0.4, -0.2) is 34.3 Å². The maximum absolute atomic E-state index is 6.04. The van der Waals surface area contributed by atoms with Gasteiger partial charge in [-0.05, 0) is 23.8 Å². The number of halogens is 1. The smallest absolute Gasteiger partial charge is 0.191 e. The summed E-state index contributed by atoms with van der Waals surface area (Å²) in [5, 5.41) is 15.1. The minimum Gasteiger partial charge on any atom is -0.354 e. The molecule has 3 rings (SSSR count). The molecule has 1 atom stereocenters. The van der Waals surface area contributed by atoms with Gasteiger partial charge in [-0.25, -0.2) is 4.98 Å². The van der Waals surface area contributed by atoms with E-state index in [4.69, 9.17) is 11.6 Å². The lowest BCUT2D eigenvalue weighted by Crippen LogP contribution is -2.40. The van der Waals surface area contributed by atoms with Gasteiger partial charge in [0.2, 0.25) is 0 Å². The van der Waals surface area contributed by atoms with Crippen molar-refractivity contribution >= 4 is 28.9 Å². The number of rotatable bonds is 7. The Morgan fingerprint density at radius 1 is 1.25 bits per heavy atom. The zero-order chi connectivity index (χ0) is 19.9. The Bertz CT molecular complexity index is 886. The molecule has 2 aromatic heterocycles. The average molecular weight is 417 g/mol. The van der Waals surface area contributed by atoms with Gasteiger partial charge < -0.3 is 10.6 Å². The van der Waals surface area contributed by atoms with Crippen LogP contribution < -0.4 is 10.6 Å². The van der Waals surface area contributed by atoms with Gasteiger partial charge in [0.15, 0.2) is 5.96 Å². The minimum absolute atomic E-state index is 0.0256. The second-order valence-corrected chi connectivity index (χ2v) is 8.02. The van der Waals surface area contributed by atoms with Crippen molar-refractivity contribution in [3.8, 4) is 0 Å². The molecule has 0 aliphatic rings. The summed E-state index contributed by atoms with van der Waals surface area (Å²) < 4.78 is 1.93. The highest BCUT2D eigenvalue weighted by atomic mass is 35.5. The van der Waals surface area contributed by atoms with Crippen molar-refractivity contribution in [2.24, 2.45) is 4.99 Å². The van der Waals surface area contributed by atoms with Crippen LogP contribution >= 0.6 is 22.9 Å². The summed E-state index contributed by atoms with van der Waals surface area (Å²) >= 11 is 7.74. The average Bonchev–Trinajstić information content (AvgIpc) is 3.38. The van der Waals surface area contributed by atoms with Gasteiger partial charge in [-0.1, -0.05) is 37.6 Å². The number of hydrogen-bond donors (Lipinski definition) is 2. The number of nitrogens with one attached hydrogen (secondary N) is 2. The number of guanidine groups is 1. The summed E-state index contributed by atoms with van der Waals surface area (Å²) in [4.78, 5) is 8.98. The molecule has 3 aromatic rings. The predicted molar refractivity (Wildman–Crippen MR) is 116 cm³/mol. The highest BCUT2D eigenvalue weighted by Crippen LogP contribution is 2.20. The summed E-state index contributed by atoms with van der Waals surface area (Å²) in [5.41, 5.74) is 2.15. The first kappa shape index (κ1) is 20.4. The first-order valence-electron chi connectivity index (χ1n) is 9.20. The van der Waals surface area contributed by atoms with Crippen LogP contribution in [0, 0.1) is 0 Å². The first-order chi connectivity index (χ1) is 13.6. The van der Waals surface area contributed by atoms with Gasteiger partial charge >= 0.3 is 0 Å². The third-order valence-corrected chi connectivity index (χ3v) is 5.73. The molecule has 2 N–H and O–H groups in total. The van der Waals surface area contributed by atoms with E-state index in [9.17, 15) is 0 Å². The zero-order valence-corrected chi connectivity index (χ0v) is 17.8. The first-order valence-corrected chi connectivity index (χ1v) is 10.5. The van der Waals surface area contributed by atoms with Crippen LogP contribution in [0.25, 0.3) is 0 Å². The van der Waals surface area contributed by atoms with Crippen molar-refractivity contribution in [2.45, 2.75) is 32.4 Å². The second kappa shape index (κ2) is 9.71. The lowest BCUT2D eigenvalue weighted by atomic mass is 10.1. The Hall–Kier alpha value is -2.38. The van der Waals surface area contributed by atoms with E-state index in [0.717, 1.165) is 27.2 Å². The molecule has 0 aliphatic heterocycles. The van der Waals surface area contributed by atoms with Crippen molar-refractivity contribution in [2.75, 3.05) is 13.6 Å². The molecule has 1 unspecified atom stereocenters. The molecule has 0 saturated carbocycles. The SMILES string of the molecule is CN=C(NCc1csc(C(C)C)n1)NCC(c1ccc(Cl)cc1)n1cccn1. The molecule has 0 saturated heterocycles. The summed E-state index contributed by atoms with van der Waals surface area (Å²) in [6.07, 6.45) is 3.74. The fraction of sp³-hybridized carbons (Fsp3) is 0.350. The predicted octanol–water partition coefficient (Wildman–Crippen LogP) is 4.07. The third-order valence-electron chi connectivity index (χ3n) is 4.29. The third kappa shape index (κ3) is 5.33. The number of thiazole rings is 1. The van der Waals surface area contributed by atoms with Gasteiger partial charge in [-0.2, -0.15) is 5.10 Å². The van der Waals surface area contributed by atoms with Crippen LogP contribution in [0.5, 0.6) is 0 Å². The van der Waals surface area contributed by atoms with E-state index in [-0.39, 0.29) is 6.04 Å². The lowest BCUT2D eigenvalue weighted by Gasteiger charge is -2.20. The van der Waals surface area contributed by atoms with Gasteiger partial charge in [-0.15, -0.1) is 11.3 Å². The van der Waals surface area contributed by atoms with Crippen LogP contribution in [0.2, 0.25) is 5.02 Å². The second-order valence-electron chi connectivity index (χ2n) is 6.69. The van der Waals surface area contributed by atoms with Crippen LogP contribution in [0.1, 0.15) is 42.1 Å². The monoisotopic (exact) mass is 416 g/mol. The lowest BCUT2D eigenvalue weighted by molar-refractivity contribution is 0.510. The summed E-state index contributed by atoms with van der Waals surface area (Å²) in [5.74, 6) is 1.18. The molecule has 148 valence electrons. The van der Waals surface area contributed by atoms with Crippen molar-refractivity contribution in [3.05, 3.63) is 69.4 Å². The quantitative estimate of drug-likeness (QED) is 0.450. The zero-order valence-electron chi connectivity index (χ0n) is 16.3. The molecule has 0 spiro atoms. The van der Waals surface area contributed by atoms with Crippen LogP contribution in [0.3, 0.4) is 0 Å². The molecule has 2 heterocycles. The van der Waals surface area contributed by atoms with Gasteiger partial charge in [0, 0.05) is 42.3 Å². The molecule has 28 heavy (non-hydrogen) atoms. The minimum atomic E-state index is 0.0256. The maximum Gasteiger partial charge on any atom is 0.191 e. The fourth-order valence-corrected chi connectivity index (χ4v) is 3.73. The molecular formula is C20H25ClN6S. The van der Waals surface area contributed by atoms with E-state index < -0.39 is 0 Å². The highest BCUT2D eigenvalue weighted by molar-refractivity contribution is 7.09. The fourth-order valence-electron chi connectivity index (χ4n) is 2.77. The molecule has 0 amide bonds. The van der Waals surface area contributed by atoms with Crippen LogP contribution in [0.15, 0.2) is 53.1 Å². The standard InChI is InChI=1S/C20H25ClN6S/c1-14(2)19-26-17(13-28-19)11-23-20(22-3)24-12-18(27-10-4-9-25-27)15-5-7-16(21)8-6-15/h4-10,13-14,18H,11-12H2,1-3H3,(H2,22,23,24). The summed E-state index contributed by atoms with van der Waals surface area (Å²) in [6, 6.07) is 9.79. The van der Waals surface area contributed by atoms with Gasteiger partial charge in [0.1, 0.15) is 0 Å². The maximum atomic E-state index is 6.04. The number of benzene rings is 1. The molecule has 6 nitrogen and oxygen atoms in total. The van der Waals surface area contributed by atoms with Crippen LogP contribution in [-0.2, 0) is 6.54 Å². The highest BCUT2D eigenvalue weighted by Gasteiger charge is 2.15. The van der Waals surface area contributed by atoms with Crippen molar-refractivity contribution < 1.29 is 0 Å². The molecule has 8 heteroatoms. The summed E-state index contributed by atoms with van der Waals surface area (Å²) in [6.45, 7) is 5.58. The van der Waals surface area contributed by atoms with E-state index >= 15 is 0 Å². The van der Waals surface area contributed by atoms with E-state index in [1.165, 1.54) is 0 Å². The van der Waals surface area contributed by atoms with E-state index in [1.807, 2.05) is 41.2 Å². The van der Waals surface area contributed by atoms with E-state index in [0.29, 0.717) is 19.0 Å². The number of aromatic nitrogens is 3. The molecule has 0 fully saturated rings. The largest absolute Gasteiger partial charge is 0.354 e. The topological polar surface area (TPSA) is 67.1 Å². The molecular weight excluding hydrogens is 392 g/mol. The summed E-state index contributed by atoms with van der Waals surface area (Å²) in [7, 11) is 1.77. The van der Waals surface area contributed by atoms with Gasteiger partial charge in [0.05, 0.1) is 23.3 Å². The normalized spacial score (nSPS) is 13.0. The number of hydrogen-bond acceptors (Lipinski definition) is 4. The number of aliphatic imine (C=N–C) groups is 1. The molecule has 0 bridgehead atoms. The van der Waals surface area contributed by atoms with Crippen LogP contribution in [0.4, 0.5) is 0 Å². The van der Waals surface area contributed by atoms with Crippen molar-refractivity contribution in [1.82, 2.24) is 25.4 Å². The molecule has 1 aromatic carbocycles. The molecule has 0 aliphatic carbocycles. The molecule has 0 radical (unpaired) electrons. The Balaban J connectivity index is 1.63. The number of nitrogens with zero attached hydrogens (tertiary/aromatic N) is 4. The van der Waals surface area contributed by atoms with E-state index in [1.54, 1.807) is 24.6 Å². The Labute approximate surface area is 174 Å². The Morgan fingerprint density at radius 2 is 2.04 bits per heavy atom. The van der Waals surface area contributed by atoms with Crippen molar-refractivity contribution in [3.63, 3.8) is 0 Å².